The van der Waals surface area contributed by atoms with E-state index in [1.807, 2.05) is 0 Å². The Morgan fingerprint density at radius 3 is 2.88 bits per heavy atom. The lowest BCUT2D eigenvalue weighted by Gasteiger charge is -2.38. The smallest absolute Gasteiger partial charge is 0.208 e. The van der Waals surface area contributed by atoms with Crippen molar-refractivity contribution in [2.24, 2.45) is 16.8 Å². The number of hydrazine groups is 1. The van der Waals surface area contributed by atoms with Gasteiger partial charge in [-0.05, 0) is 25.7 Å². The van der Waals surface area contributed by atoms with Crippen LogP contribution >= 0.6 is 0 Å². The molecule has 1 heterocycles. The highest BCUT2D eigenvalue weighted by Crippen LogP contribution is 2.21. The van der Waals surface area contributed by atoms with Gasteiger partial charge in [-0.15, -0.1) is 0 Å². The number of piperidine rings is 1. The molecule has 0 aromatic rings. The first kappa shape index (κ1) is 13.3. The summed E-state index contributed by atoms with van der Waals surface area (Å²) in [6.07, 6.45) is 2.49. The van der Waals surface area contributed by atoms with Crippen molar-refractivity contribution in [1.29, 1.82) is 0 Å². The number of methoxy groups -OCH3 is 1. The van der Waals surface area contributed by atoms with Crippen LogP contribution in [-0.2, 0) is 4.74 Å². The van der Waals surface area contributed by atoms with Crippen molar-refractivity contribution >= 4 is 5.96 Å². The van der Waals surface area contributed by atoms with Gasteiger partial charge in [0.05, 0.1) is 13.2 Å². The molecule has 0 aromatic heterocycles. The number of ether oxygens (including phenoxy) is 1. The molecule has 0 bridgehead atoms. The quantitative estimate of drug-likeness (QED) is 0.244. The van der Waals surface area contributed by atoms with Gasteiger partial charge in [0.15, 0.2) is 0 Å². The molecular formula is C11H24N4O. The van der Waals surface area contributed by atoms with Gasteiger partial charge in [-0.1, -0.05) is 6.92 Å². The van der Waals surface area contributed by atoms with E-state index < -0.39 is 0 Å². The molecule has 0 saturated carbocycles. The van der Waals surface area contributed by atoms with Crippen LogP contribution in [0, 0.1) is 5.92 Å². The summed E-state index contributed by atoms with van der Waals surface area (Å²) in [5, 5.41) is 0. The molecular weight excluding hydrogens is 204 g/mol. The van der Waals surface area contributed by atoms with Gasteiger partial charge in [0, 0.05) is 19.7 Å². The predicted molar refractivity (Wildman–Crippen MR) is 66.1 cm³/mol. The SMILES string of the molecule is COCCN=C(NN)N1CC(C)CCC1C. The van der Waals surface area contributed by atoms with Gasteiger partial charge in [-0.2, -0.15) is 0 Å². The Morgan fingerprint density at radius 1 is 1.50 bits per heavy atom. The molecule has 16 heavy (non-hydrogen) atoms. The van der Waals surface area contributed by atoms with Gasteiger partial charge in [0.2, 0.25) is 5.96 Å². The third kappa shape index (κ3) is 3.64. The van der Waals surface area contributed by atoms with Crippen molar-refractivity contribution in [3.05, 3.63) is 0 Å². The number of likely N-dealkylation sites (tertiary alicyclic amines) is 1. The van der Waals surface area contributed by atoms with E-state index >= 15 is 0 Å². The highest BCUT2D eigenvalue weighted by molar-refractivity contribution is 5.79. The average molecular weight is 228 g/mol. The molecule has 0 aliphatic carbocycles. The second-order valence-electron chi connectivity index (χ2n) is 4.53. The standard InChI is InChI=1S/C11H24N4O/c1-9-4-5-10(2)15(8-9)11(14-12)13-6-7-16-3/h9-10H,4-8,12H2,1-3H3,(H,13,14). The zero-order valence-corrected chi connectivity index (χ0v) is 10.6. The average Bonchev–Trinajstić information content (AvgIpc) is 2.28. The Balaban J connectivity index is 2.58. The summed E-state index contributed by atoms with van der Waals surface area (Å²) >= 11 is 0. The minimum Gasteiger partial charge on any atom is -0.383 e. The van der Waals surface area contributed by atoms with Crippen LogP contribution in [0.25, 0.3) is 0 Å². The highest BCUT2D eigenvalue weighted by atomic mass is 16.5. The molecule has 1 aliphatic heterocycles. The topological polar surface area (TPSA) is 62.9 Å². The molecule has 94 valence electrons. The summed E-state index contributed by atoms with van der Waals surface area (Å²) in [4.78, 5) is 6.68. The van der Waals surface area contributed by atoms with E-state index in [0.717, 1.165) is 12.5 Å². The minimum absolute atomic E-state index is 0.508. The maximum Gasteiger partial charge on any atom is 0.208 e. The van der Waals surface area contributed by atoms with Crippen molar-refractivity contribution in [2.45, 2.75) is 32.7 Å². The van der Waals surface area contributed by atoms with E-state index in [-0.39, 0.29) is 0 Å². The minimum atomic E-state index is 0.508. The Hall–Kier alpha value is -0.810. The fourth-order valence-electron chi connectivity index (χ4n) is 2.05. The lowest BCUT2D eigenvalue weighted by molar-refractivity contribution is 0.195. The molecule has 0 radical (unpaired) electrons. The summed E-state index contributed by atoms with van der Waals surface area (Å²) in [5.41, 5.74) is 2.70. The fraction of sp³-hybridized carbons (Fsp3) is 0.909. The summed E-state index contributed by atoms with van der Waals surface area (Å²) in [5.74, 6) is 7.02. The van der Waals surface area contributed by atoms with Gasteiger partial charge in [0.25, 0.3) is 0 Å². The van der Waals surface area contributed by atoms with Gasteiger partial charge >= 0.3 is 0 Å². The summed E-state index contributed by atoms with van der Waals surface area (Å²) in [7, 11) is 1.68. The first-order valence-electron chi connectivity index (χ1n) is 5.95. The fourth-order valence-corrected chi connectivity index (χ4v) is 2.05. The molecule has 1 rings (SSSR count). The van der Waals surface area contributed by atoms with Gasteiger partial charge in [-0.3, -0.25) is 5.43 Å². The van der Waals surface area contributed by atoms with Crippen molar-refractivity contribution in [3.63, 3.8) is 0 Å². The van der Waals surface area contributed by atoms with Crippen LogP contribution in [0.15, 0.2) is 4.99 Å². The zero-order chi connectivity index (χ0) is 12.0. The van der Waals surface area contributed by atoms with Crippen LogP contribution in [0.1, 0.15) is 26.7 Å². The lowest BCUT2D eigenvalue weighted by Crippen LogP contribution is -2.52. The van der Waals surface area contributed by atoms with E-state index in [9.17, 15) is 0 Å². The number of nitrogens with zero attached hydrogens (tertiary/aromatic N) is 2. The number of guanidine groups is 1. The first-order valence-corrected chi connectivity index (χ1v) is 5.95. The molecule has 5 heteroatoms. The molecule has 2 unspecified atom stereocenters. The molecule has 1 aliphatic rings. The van der Waals surface area contributed by atoms with Crippen molar-refractivity contribution in [3.8, 4) is 0 Å². The first-order chi connectivity index (χ1) is 7.69. The Bertz CT molecular complexity index is 232. The number of nitrogens with one attached hydrogen (secondary N) is 1. The van der Waals surface area contributed by atoms with Gasteiger partial charge in [0.1, 0.15) is 0 Å². The normalized spacial score (nSPS) is 27.0. The third-order valence-corrected chi connectivity index (χ3v) is 3.08. The maximum atomic E-state index is 5.53. The van der Waals surface area contributed by atoms with Crippen LogP contribution in [0.3, 0.4) is 0 Å². The second-order valence-corrected chi connectivity index (χ2v) is 4.53. The van der Waals surface area contributed by atoms with Crippen LogP contribution in [0.2, 0.25) is 0 Å². The predicted octanol–water partition coefficient (Wildman–Crippen LogP) is 0.573. The van der Waals surface area contributed by atoms with Crippen molar-refractivity contribution in [2.75, 3.05) is 26.8 Å². The highest BCUT2D eigenvalue weighted by Gasteiger charge is 2.24. The molecule has 3 N–H and O–H groups in total. The number of rotatable bonds is 3. The molecule has 0 spiro atoms. The largest absolute Gasteiger partial charge is 0.383 e. The molecule has 0 amide bonds. The lowest BCUT2D eigenvalue weighted by atomic mass is 9.95. The van der Waals surface area contributed by atoms with E-state index in [1.54, 1.807) is 7.11 Å². The molecule has 1 saturated heterocycles. The zero-order valence-electron chi connectivity index (χ0n) is 10.6. The number of hydrogen-bond donors (Lipinski definition) is 2. The Morgan fingerprint density at radius 2 is 2.25 bits per heavy atom. The molecule has 5 nitrogen and oxygen atoms in total. The van der Waals surface area contributed by atoms with E-state index in [0.29, 0.717) is 25.1 Å². The van der Waals surface area contributed by atoms with Crippen molar-refractivity contribution in [1.82, 2.24) is 10.3 Å². The number of hydrogen-bond acceptors (Lipinski definition) is 3. The number of nitrogens with two attached hydrogens (primary N) is 1. The van der Waals surface area contributed by atoms with Gasteiger partial charge < -0.3 is 9.64 Å². The summed E-state index contributed by atoms with van der Waals surface area (Å²) in [6.45, 7) is 6.78. The van der Waals surface area contributed by atoms with Crippen LogP contribution < -0.4 is 11.3 Å². The van der Waals surface area contributed by atoms with E-state index in [1.165, 1.54) is 12.8 Å². The molecule has 2 atom stereocenters. The monoisotopic (exact) mass is 228 g/mol. The summed E-state index contributed by atoms with van der Waals surface area (Å²) in [6, 6.07) is 0.508. The second kappa shape index (κ2) is 6.70. The van der Waals surface area contributed by atoms with Crippen LogP contribution in [0.5, 0.6) is 0 Å². The maximum absolute atomic E-state index is 5.53. The molecule has 0 aromatic carbocycles. The number of aliphatic imine (C=N–C) groups is 1. The summed E-state index contributed by atoms with van der Waals surface area (Å²) < 4.78 is 4.98. The van der Waals surface area contributed by atoms with Crippen LogP contribution in [0.4, 0.5) is 0 Å². The van der Waals surface area contributed by atoms with Crippen molar-refractivity contribution < 1.29 is 4.74 Å². The van der Waals surface area contributed by atoms with E-state index in [4.69, 9.17) is 10.6 Å². The van der Waals surface area contributed by atoms with Gasteiger partial charge in [-0.25, -0.2) is 10.8 Å². The Labute approximate surface area is 98.0 Å². The molecule has 1 fully saturated rings. The third-order valence-electron chi connectivity index (χ3n) is 3.08. The van der Waals surface area contributed by atoms with E-state index in [2.05, 4.69) is 29.2 Å². The Kier molecular flexibility index (Phi) is 5.55. The van der Waals surface area contributed by atoms with Crippen LogP contribution in [-0.4, -0.2) is 43.7 Å².